The molecule has 2 atom stereocenters. The summed E-state index contributed by atoms with van der Waals surface area (Å²) in [7, 11) is 0. The van der Waals surface area contributed by atoms with Crippen LogP contribution in [0.1, 0.15) is 158 Å². The third kappa shape index (κ3) is 20.3. The van der Waals surface area contributed by atoms with E-state index >= 15 is 0 Å². The van der Waals surface area contributed by atoms with Gasteiger partial charge in [0.15, 0.2) is 6.29 Å². The summed E-state index contributed by atoms with van der Waals surface area (Å²) in [6.07, 6.45) is 1.14. The zero-order valence-corrected chi connectivity index (χ0v) is 44.8. The zero-order valence-electron chi connectivity index (χ0n) is 42.4. The molecule has 2 saturated carbocycles. The second-order valence-corrected chi connectivity index (χ2v) is 24.5. The molecule has 2 aliphatic carbocycles. The molecular formula is C54H78F6O6S3. The van der Waals surface area contributed by atoms with Gasteiger partial charge in [0.05, 0.1) is 12.2 Å². The Morgan fingerprint density at radius 2 is 0.928 bits per heavy atom. The summed E-state index contributed by atoms with van der Waals surface area (Å²) in [5.41, 5.74) is -5.43. The van der Waals surface area contributed by atoms with Gasteiger partial charge in [0, 0.05) is 62.4 Å². The largest absolute Gasteiger partial charge is 0.465 e. The monoisotopic (exact) mass is 1030 g/mol. The molecule has 0 aromatic heterocycles. The van der Waals surface area contributed by atoms with Crippen LogP contribution in [-0.2, 0) is 24.5 Å². The molecule has 3 aromatic carbocycles. The van der Waals surface area contributed by atoms with E-state index in [-0.39, 0.29) is 24.6 Å². The molecular weight excluding hydrogens is 955 g/mol. The lowest BCUT2D eigenvalue weighted by molar-refractivity contribution is -0.419. The van der Waals surface area contributed by atoms with Crippen LogP contribution >= 0.6 is 35.3 Å². The summed E-state index contributed by atoms with van der Waals surface area (Å²) in [6, 6.07) is 20.9. The topological polar surface area (TPSA) is 55.4 Å². The average Bonchev–Trinajstić information content (AvgIpc) is 3.27. The van der Waals surface area contributed by atoms with Gasteiger partial charge in [0.2, 0.25) is 12.1 Å². The van der Waals surface area contributed by atoms with Gasteiger partial charge in [0.25, 0.3) is 5.60 Å². The van der Waals surface area contributed by atoms with E-state index in [0.29, 0.717) is 46.4 Å². The number of rotatable bonds is 18. The third-order valence-electron chi connectivity index (χ3n) is 11.3. The minimum absolute atomic E-state index is 0.0187. The molecule has 0 amide bonds. The van der Waals surface area contributed by atoms with Crippen molar-refractivity contribution in [2.45, 2.75) is 232 Å². The maximum atomic E-state index is 13.7. The predicted molar refractivity (Wildman–Crippen MR) is 271 cm³/mol. The number of thioether (sulfide) groups is 3. The minimum Gasteiger partial charge on any atom is -0.465 e. The number of hydrogen-bond donors (Lipinski definition) is 0. The number of alkyl halides is 6. The number of hydrogen-bond acceptors (Lipinski definition) is 9. The number of benzene rings is 3. The molecule has 1 saturated heterocycles. The van der Waals surface area contributed by atoms with Crippen molar-refractivity contribution in [1.82, 2.24) is 0 Å². The van der Waals surface area contributed by atoms with Gasteiger partial charge >= 0.3 is 12.4 Å². The molecule has 390 valence electrons. The molecule has 1 heterocycles. The van der Waals surface area contributed by atoms with E-state index in [0.717, 1.165) is 36.5 Å². The van der Waals surface area contributed by atoms with Crippen molar-refractivity contribution < 1.29 is 54.8 Å². The Kier molecular flexibility index (Phi) is 24.3. The summed E-state index contributed by atoms with van der Waals surface area (Å²) in [4.78, 5) is 3.15. The van der Waals surface area contributed by atoms with Crippen LogP contribution in [0.15, 0.2) is 87.5 Å². The first kappa shape index (κ1) is 59.3. The van der Waals surface area contributed by atoms with Crippen LogP contribution in [0.25, 0.3) is 0 Å². The highest BCUT2D eigenvalue weighted by Crippen LogP contribution is 2.54. The fourth-order valence-corrected chi connectivity index (χ4v) is 10.7. The van der Waals surface area contributed by atoms with E-state index in [9.17, 15) is 26.3 Å². The highest BCUT2D eigenvalue weighted by atomic mass is 32.2. The first-order chi connectivity index (χ1) is 32.5. The molecule has 6 rings (SSSR count). The SMILES string of the molecule is CC(C)Sc1ccc(C(OC2CCCCO2)(C(F)(F)F)C(F)(F)F)cc1.CC(C)Sc1ccc(OC(C)(C)OC2CCCCC2)cc1.CC(C)Sc1ccc(OC(OC2CCCCC2)C(C)C)cc1. The Balaban J connectivity index is 0.000000227. The van der Waals surface area contributed by atoms with Crippen molar-refractivity contribution in [3.05, 3.63) is 78.4 Å². The highest BCUT2D eigenvalue weighted by molar-refractivity contribution is 8.00. The Bertz CT molecular complexity index is 1840. The smallest absolute Gasteiger partial charge is 0.430 e. The molecule has 69 heavy (non-hydrogen) atoms. The Labute approximate surface area is 422 Å². The molecule has 0 N–H and O–H groups in total. The van der Waals surface area contributed by atoms with E-state index in [1.54, 1.807) is 0 Å². The Morgan fingerprint density at radius 1 is 0.507 bits per heavy atom. The molecule has 0 bridgehead atoms. The van der Waals surface area contributed by atoms with Crippen molar-refractivity contribution in [2.75, 3.05) is 6.61 Å². The standard InChI is InChI=1S/C19H30O2S.C18H28O2S.C17H20F6O2S/c1-14(2)19(20-16-8-6-5-7-9-16)21-17-10-12-18(13-11-17)22-15(3)4;1-14(2)21-17-12-10-16(11-13-17)20-18(3,4)19-15-8-6-5-7-9-15;1-11(2)26-13-8-6-12(7-9-13)15(16(18,19)20,17(21,22)23)25-14-5-3-4-10-24-14/h10-16,19H,5-9H2,1-4H3;10-15H,5-9H2,1-4H3;6-9,11,14H,3-5,10H2,1-2H3. The van der Waals surface area contributed by atoms with Crippen LogP contribution in [0.2, 0.25) is 0 Å². The van der Waals surface area contributed by atoms with Gasteiger partial charge in [-0.1, -0.05) is 106 Å². The van der Waals surface area contributed by atoms with Gasteiger partial charge in [-0.2, -0.15) is 26.3 Å². The Morgan fingerprint density at radius 3 is 1.33 bits per heavy atom. The lowest BCUT2D eigenvalue weighted by Crippen LogP contribution is -2.57. The van der Waals surface area contributed by atoms with Crippen LogP contribution < -0.4 is 9.47 Å². The zero-order chi connectivity index (χ0) is 50.8. The van der Waals surface area contributed by atoms with Crippen molar-refractivity contribution in [1.29, 1.82) is 0 Å². The Hall–Kier alpha value is -2.27. The quantitative estimate of drug-likeness (QED) is 0.0704. The van der Waals surface area contributed by atoms with Gasteiger partial charge in [-0.05, 0) is 106 Å². The molecule has 1 aliphatic heterocycles. The highest BCUT2D eigenvalue weighted by Gasteiger charge is 2.74. The van der Waals surface area contributed by atoms with Crippen LogP contribution in [0.3, 0.4) is 0 Å². The van der Waals surface area contributed by atoms with Crippen LogP contribution in [0, 0.1) is 5.92 Å². The minimum atomic E-state index is -5.70. The van der Waals surface area contributed by atoms with Crippen molar-refractivity contribution in [3.63, 3.8) is 0 Å². The van der Waals surface area contributed by atoms with Crippen LogP contribution in [0.5, 0.6) is 11.5 Å². The van der Waals surface area contributed by atoms with E-state index in [1.165, 1.54) is 85.1 Å². The fourth-order valence-electron chi connectivity index (χ4n) is 8.20. The van der Waals surface area contributed by atoms with Crippen LogP contribution in [-0.4, -0.2) is 65.3 Å². The van der Waals surface area contributed by atoms with Gasteiger partial charge in [-0.25, -0.2) is 0 Å². The second kappa shape index (κ2) is 28.3. The lowest BCUT2D eigenvalue weighted by atomic mass is 9.91. The van der Waals surface area contributed by atoms with Crippen molar-refractivity contribution >= 4 is 35.3 Å². The average molecular weight is 1030 g/mol. The maximum Gasteiger partial charge on any atom is 0.430 e. The summed E-state index contributed by atoms with van der Waals surface area (Å²) in [6.45, 7) is 21.0. The fraction of sp³-hybridized carbons (Fsp3) is 0.667. The number of halogens is 6. The van der Waals surface area contributed by atoms with E-state index in [1.807, 2.05) is 63.4 Å². The van der Waals surface area contributed by atoms with Gasteiger partial charge in [-0.15, -0.1) is 35.3 Å². The normalized spacial score (nSPS) is 18.4. The lowest BCUT2D eigenvalue weighted by Gasteiger charge is -2.40. The molecule has 3 fully saturated rings. The molecule has 2 unspecified atom stereocenters. The van der Waals surface area contributed by atoms with Crippen LogP contribution in [0.4, 0.5) is 26.3 Å². The molecule has 0 spiro atoms. The van der Waals surface area contributed by atoms with Crippen molar-refractivity contribution in [2.24, 2.45) is 5.92 Å². The molecule has 6 nitrogen and oxygen atoms in total. The summed E-state index contributed by atoms with van der Waals surface area (Å²) < 4.78 is 116. The summed E-state index contributed by atoms with van der Waals surface area (Å²) in [5, 5.41) is 1.34. The van der Waals surface area contributed by atoms with E-state index in [4.69, 9.17) is 23.7 Å². The third-order valence-corrected chi connectivity index (χ3v) is 14.4. The van der Waals surface area contributed by atoms with Gasteiger partial charge in [-0.3, -0.25) is 0 Å². The first-order valence-corrected chi connectivity index (χ1v) is 27.5. The molecule has 3 aromatic rings. The van der Waals surface area contributed by atoms with E-state index in [2.05, 4.69) is 82.7 Å². The first-order valence-electron chi connectivity index (χ1n) is 24.9. The van der Waals surface area contributed by atoms with Crippen molar-refractivity contribution in [3.8, 4) is 11.5 Å². The maximum absolute atomic E-state index is 13.7. The summed E-state index contributed by atoms with van der Waals surface area (Å²) in [5.74, 6) is 1.58. The van der Waals surface area contributed by atoms with Gasteiger partial charge in [0.1, 0.15) is 11.5 Å². The second-order valence-electron chi connectivity index (χ2n) is 19.6. The molecule has 0 radical (unpaired) electrons. The number of ether oxygens (including phenoxy) is 6. The summed E-state index contributed by atoms with van der Waals surface area (Å²) >= 11 is 5.08. The predicted octanol–water partition coefficient (Wildman–Crippen LogP) is 17.6. The molecule has 15 heteroatoms. The van der Waals surface area contributed by atoms with Gasteiger partial charge < -0.3 is 28.4 Å². The molecule has 3 aliphatic rings. The van der Waals surface area contributed by atoms with E-state index < -0.39 is 35.6 Å².